The molecule has 3 heterocycles. The molecule has 0 fully saturated rings. The van der Waals surface area contributed by atoms with Crippen LogP contribution in [0.4, 0.5) is 8.78 Å². The van der Waals surface area contributed by atoms with Crippen LogP contribution in [0.2, 0.25) is 0 Å². The van der Waals surface area contributed by atoms with Crippen molar-refractivity contribution in [3.8, 4) is 28.8 Å². The Morgan fingerprint density at radius 3 is 2.40 bits per heavy atom. The lowest BCUT2D eigenvalue weighted by atomic mass is 10.0. The molecule has 5 rings (SSSR count). The Morgan fingerprint density at radius 2 is 1.70 bits per heavy atom. The van der Waals surface area contributed by atoms with Crippen LogP contribution in [0, 0.1) is 18.6 Å². The van der Waals surface area contributed by atoms with E-state index in [0.29, 0.717) is 33.9 Å². The summed E-state index contributed by atoms with van der Waals surface area (Å²) in [5, 5.41) is 0. The summed E-state index contributed by atoms with van der Waals surface area (Å²) in [6.07, 6.45) is 2.43. The van der Waals surface area contributed by atoms with Crippen molar-refractivity contribution in [2.24, 2.45) is 0 Å². The Morgan fingerprint density at radius 1 is 0.925 bits per heavy atom. The van der Waals surface area contributed by atoms with Crippen LogP contribution in [0.5, 0.6) is 23.1 Å². The second-order valence-corrected chi connectivity index (χ2v) is 8.68. The van der Waals surface area contributed by atoms with Gasteiger partial charge in [0.1, 0.15) is 22.7 Å². The highest BCUT2D eigenvalue weighted by atomic mass is 19.1. The maximum Gasteiger partial charge on any atom is 0.268 e. The zero-order valence-corrected chi connectivity index (χ0v) is 21.6. The number of aryl methyl sites for hydroxylation is 1. The van der Waals surface area contributed by atoms with Gasteiger partial charge >= 0.3 is 0 Å². The fraction of sp³-hybridized carbons (Fsp3) is 0.138. The van der Waals surface area contributed by atoms with Gasteiger partial charge in [0.05, 0.1) is 25.4 Å². The number of rotatable bonds is 8. The summed E-state index contributed by atoms with van der Waals surface area (Å²) in [6, 6.07) is 12.5. The minimum atomic E-state index is -0.721. The van der Waals surface area contributed by atoms with Crippen molar-refractivity contribution in [2.75, 3.05) is 14.2 Å². The number of Topliss-reactive ketones (excluding diaryl/α,β-unsaturated/α-hetero) is 1. The normalized spacial score (nSPS) is 10.9. The van der Waals surface area contributed by atoms with Crippen molar-refractivity contribution < 1.29 is 27.8 Å². The van der Waals surface area contributed by atoms with Gasteiger partial charge in [0.15, 0.2) is 28.8 Å². The molecule has 0 saturated heterocycles. The van der Waals surface area contributed by atoms with Crippen LogP contribution < -0.4 is 19.8 Å². The lowest BCUT2D eigenvalue weighted by Crippen LogP contribution is -2.28. The molecule has 0 radical (unpaired) electrons. The van der Waals surface area contributed by atoms with Crippen LogP contribution in [-0.2, 0) is 6.42 Å². The number of ketones is 1. The Bertz CT molecular complexity index is 1810. The summed E-state index contributed by atoms with van der Waals surface area (Å²) in [6.45, 7) is 1.60. The minimum Gasteiger partial charge on any atom is -0.491 e. The second-order valence-electron chi connectivity index (χ2n) is 8.68. The first kappa shape index (κ1) is 26.4. The Labute approximate surface area is 226 Å². The molecule has 0 aliphatic heterocycles. The van der Waals surface area contributed by atoms with Gasteiger partial charge in [0.25, 0.3) is 11.4 Å². The third-order valence-electron chi connectivity index (χ3n) is 6.12. The summed E-state index contributed by atoms with van der Waals surface area (Å²) in [5.41, 5.74) is 0.710. The molecule has 0 aliphatic rings. The fourth-order valence-corrected chi connectivity index (χ4v) is 4.15. The van der Waals surface area contributed by atoms with Crippen molar-refractivity contribution in [2.45, 2.75) is 13.3 Å². The van der Waals surface area contributed by atoms with Gasteiger partial charge in [-0.3, -0.25) is 19.1 Å². The van der Waals surface area contributed by atoms with Gasteiger partial charge in [-0.25, -0.2) is 18.7 Å². The molecular formula is C29H22F2N4O5. The van der Waals surface area contributed by atoms with Gasteiger partial charge in [-0.1, -0.05) is 6.07 Å². The molecule has 40 heavy (non-hydrogen) atoms. The number of carbonyl (C=O) groups excluding carboxylic acids is 1. The lowest BCUT2D eigenvalue weighted by molar-refractivity contribution is 0.0990. The van der Waals surface area contributed by atoms with Gasteiger partial charge < -0.3 is 14.2 Å². The van der Waals surface area contributed by atoms with Gasteiger partial charge in [-0.15, -0.1) is 0 Å². The molecule has 2 aromatic carbocycles. The summed E-state index contributed by atoms with van der Waals surface area (Å²) in [4.78, 5) is 38.9. The van der Waals surface area contributed by atoms with E-state index in [9.17, 15) is 14.0 Å². The van der Waals surface area contributed by atoms with Crippen LogP contribution >= 0.6 is 0 Å². The zero-order chi connectivity index (χ0) is 28.4. The number of fused-ring (bicyclic) bond motifs is 1. The summed E-state index contributed by atoms with van der Waals surface area (Å²) in [7, 11) is 2.92. The summed E-state index contributed by atoms with van der Waals surface area (Å²) < 4.78 is 45.9. The Kier molecular flexibility index (Phi) is 7.19. The highest BCUT2D eigenvalue weighted by molar-refractivity contribution is 5.97. The van der Waals surface area contributed by atoms with E-state index in [1.165, 1.54) is 73.6 Å². The zero-order valence-electron chi connectivity index (χ0n) is 21.6. The first-order chi connectivity index (χ1) is 19.3. The molecule has 5 aromatic rings. The minimum absolute atomic E-state index is 0.101. The first-order valence-electron chi connectivity index (χ1n) is 12.0. The van der Waals surface area contributed by atoms with E-state index in [1.54, 1.807) is 13.0 Å². The van der Waals surface area contributed by atoms with E-state index in [-0.39, 0.29) is 29.4 Å². The fourth-order valence-electron chi connectivity index (χ4n) is 4.15. The first-order valence-corrected chi connectivity index (χ1v) is 12.0. The monoisotopic (exact) mass is 544 g/mol. The Hall–Kier alpha value is -5.19. The molecule has 3 aromatic heterocycles. The molecular weight excluding hydrogens is 522 g/mol. The summed E-state index contributed by atoms with van der Waals surface area (Å²) >= 11 is 0. The Balaban J connectivity index is 1.40. The number of carbonyl (C=O) groups is 1. The molecule has 0 saturated carbocycles. The predicted molar refractivity (Wildman–Crippen MR) is 142 cm³/mol. The number of nitrogens with zero attached hydrogens (tertiary/aromatic N) is 4. The number of benzene rings is 2. The van der Waals surface area contributed by atoms with Crippen molar-refractivity contribution in [3.63, 3.8) is 0 Å². The van der Waals surface area contributed by atoms with Crippen LogP contribution in [0.3, 0.4) is 0 Å². The number of hydrogen-bond donors (Lipinski definition) is 0. The van der Waals surface area contributed by atoms with Crippen molar-refractivity contribution in [1.82, 2.24) is 19.5 Å². The van der Waals surface area contributed by atoms with E-state index in [2.05, 4.69) is 15.0 Å². The SMILES string of the molecule is COc1cc2nccc(Oc3ccc(CC(=O)c4cnc(C)n(-c5ccc(F)cc5)c4=O)cc3F)c2nc1OC. The smallest absolute Gasteiger partial charge is 0.268 e. The van der Waals surface area contributed by atoms with E-state index < -0.39 is 23.0 Å². The van der Waals surface area contributed by atoms with E-state index in [0.717, 1.165) is 6.07 Å². The van der Waals surface area contributed by atoms with Crippen molar-refractivity contribution in [1.29, 1.82) is 0 Å². The van der Waals surface area contributed by atoms with E-state index >= 15 is 4.39 Å². The quantitative estimate of drug-likeness (QED) is 0.252. The second kappa shape index (κ2) is 10.9. The maximum absolute atomic E-state index is 15.1. The lowest BCUT2D eigenvalue weighted by Gasteiger charge is -2.12. The molecule has 0 atom stereocenters. The molecule has 0 aliphatic carbocycles. The van der Waals surface area contributed by atoms with E-state index in [4.69, 9.17) is 14.2 Å². The predicted octanol–water partition coefficient (Wildman–Crippen LogP) is 5.00. The van der Waals surface area contributed by atoms with Crippen LogP contribution in [0.25, 0.3) is 16.7 Å². The molecule has 0 unspecified atom stereocenters. The van der Waals surface area contributed by atoms with Gasteiger partial charge in [0.2, 0.25) is 0 Å². The highest BCUT2D eigenvalue weighted by Crippen LogP contribution is 2.34. The number of pyridine rings is 2. The number of halogens is 2. The van der Waals surface area contributed by atoms with Gasteiger partial charge in [-0.2, -0.15) is 0 Å². The van der Waals surface area contributed by atoms with Crippen molar-refractivity contribution >= 4 is 16.8 Å². The number of methoxy groups -OCH3 is 2. The molecule has 0 spiro atoms. The standard InChI is InChI=1S/C29H22F2N4O5/c1-16-33-15-20(29(37)35(16)19-7-5-18(30)6-8-19)23(36)13-17-4-9-24(21(31)12-17)40-25-10-11-32-22-14-26(38-2)28(39-3)34-27(22)25/h4-12,14-15H,13H2,1-3H3. The highest BCUT2D eigenvalue weighted by Gasteiger charge is 2.19. The van der Waals surface area contributed by atoms with Crippen LogP contribution in [0.1, 0.15) is 21.7 Å². The topological polar surface area (TPSA) is 105 Å². The summed E-state index contributed by atoms with van der Waals surface area (Å²) in [5.74, 6) is -0.670. The number of aromatic nitrogens is 4. The number of ether oxygens (including phenoxy) is 3. The average molecular weight is 545 g/mol. The van der Waals surface area contributed by atoms with Crippen LogP contribution in [-0.4, -0.2) is 39.5 Å². The third kappa shape index (κ3) is 5.08. The van der Waals surface area contributed by atoms with Gasteiger partial charge in [-0.05, 0) is 48.9 Å². The molecule has 11 heteroatoms. The molecule has 0 N–H and O–H groups in total. The van der Waals surface area contributed by atoms with Crippen molar-refractivity contribution in [3.05, 3.63) is 106 Å². The average Bonchev–Trinajstić information content (AvgIpc) is 2.94. The molecule has 0 amide bonds. The largest absolute Gasteiger partial charge is 0.491 e. The maximum atomic E-state index is 15.1. The van der Waals surface area contributed by atoms with E-state index in [1.807, 2.05) is 0 Å². The molecule has 9 nitrogen and oxygen atoms in total. The van der Waals surface area contributed by atoms with Crippen LogP contribution in [0.15, 0.2) is 71.8 Å². The third-order valence-corrected chi connectivity index (χ3v) is 6.12. The molecule has 202 valence electrons. The molecule has 0 bridgehead atoms. The number of hydrogen-bond acceptors (Lipinski definition) is 8. The van der Waals surface area contributed by atoms with Gasteiger partial charge in [0, 0.05) is 30.9 Å².